The summed E-state index contributed by atoms with van der Waals surface area (Å²) in [7, 11) is 0. The Morgan fingerprint density at radius 1 is 1.23 bits per heavy atom. The number of nitro benzene ring substituents is 1. The molecule has 0 spiro atoms. The zero-order valence-corrected chi connectivity index (χ0v) is 14.5. The number of nitrogens with zero attached hydrogens (tertiary/aromatic N) is 1. The Balaban J connectivity index is 1.91. The predicted molar refractivity (Wildman–Crippen MR) is 97.9 cm³/mol. The van der Waals surface area contributed by atoms with Crippen LogP contribution in [0, 0.1) is 17.0 Å². The van der Waals surface area contributed by atoms with Crippen LogP contribution in [0.4, 0.5) is 11.4 Å². The zero-order chi connectivity index (χ0) is 19.1. The molecule has 8 heteroatoms. The molecule has 2 aromatic carbocycles. The number of hydrogen-bond donors (Lipinski definition) is 1. The summed E-state index contributed by atoms with van der Waals surface area (Å²) in [6.07, 6.45) is 2.64. The van der Waals surface area contributed by atoms with Gasteiger partial charge < -0.3 is 10.1 Å². The fourth-order valence-electron chi connectivity index (χ4n) is 2.10. The van der Waals surface area contributed by atoms with Crippen molar-refractivity contribution in [3.8, 4) is 0 Å². The molecule has 26 heavy (non-hydrogen) atoms. The molecule has 0 heterocycles. The summed E-state index contributed by atoms with van der Waals surface area (Å²) in [6.45, 7) is 1.000. The topological polar surface area (TPSA) is 98.5 Å². The molecular weight excluding hydrogens is 360 g/mol. The van der Waals surface area contributed by atoms with E-state index in [1.165, 1.54) is 31.2 Å². The number of amides is 1. The van der Waals surface area contributed by atoms with Crippen molar-refractivity contribution in [1.29, 1.82) is 0 Å². The van der Waals surface area contributed by atoms with Crippen LogP contribution in [-0.2, 0) is 14.3 Å². The maximum absolute atomic E-state index is 11.9. The largest absolute Gasteiger partial charge is 0.452 e. The molecule has 2 aromatic rings. The molecule has 0 aliphatic carbocycles. The lowest BCUT2D eigenvalue weighted by atomic mass is 10.1. The van der Waals surface area contributed by atoms with Crippen LogP contribution in [-0.4, -0.2) is 23.4 Å². The third-order valence-corrected chi connectivity index (χ3v) is 3.77. The van der Waals surface area contributed by atoms with Gasteiger partial charge in [0.2, 0.25) is 0 Å². The smallest absolute Gasteiger partial charge is 0.331 e. The lowest BCUT2D eigenvalue weighted by Gasteiger charge is -2.08. The highest BCUT2D eigenvalue weighted by Gasteiger charge is 2.15. The van der Waals surface area contributed by atoms with Gasteiger partial charge in [0.05, 0.1) is 16.2 Å². The van der Waals surface area contributed by atoms with E-state index in [-0.39, 0.29) is 11.4 Å². The van der Waals surface area contributed by atoms with Gasteiger partial charge in [-0.3, -0.25) is 14.9 Å². The standard InChI is InChI=1S/C18H15ClN2O5/c1-12-15(7-4-8-16(12)21(24)25)20-17(22)11-26-18(23)10-9-13-5-2-3-6-14(13)19/h2-10H,11H2,1H3,(H,20,22)/b10-9+. The first-order valence-electron chi connectivity index (χ1n) is 7.51. The third kappa shape index (κ3) is 5.15. The van der Waals surface area contributed by atoms with E-state index in [2.05, 4.69) is 5.32 Å². The van der Waals surface area contributed by atoms with E-state index >= 15 is 0 Å². The summed E-state index contributed by atoms with van der Waals surface area (Å²) in [5.41, 5.74) is 1.13. The van der Waals surface area contributed by atoms with Gasteiger partial charge in [0, 0.05) is 17.2 Å². The van der Waals surface area contributed by atoms with Crippen LogP contribution in [0.25, 0.3) is 6.08 Å². The van der Waals surface area contributed by atoms with E-state index in [9.17, 15) is 19.7 Å². The zero-order valence-electron chi connectivity index (χ0n) is 13.8. The van der Waals surface area contributed by atoms with Gasteiger partial charge in [0.1, 0.15) is 0 Å². The molecule has 0 fully saturated rings. The van der Waals surface area contributed by atoms with Crippen LogP contribution in [0.5, 0.6) is 0 Å². The van der Waals surface area contributed by atoms with E-state index < -0.39 is 23.4 Å². The van der Waals surface area contributed by atoms with Crippen molar-refractivity contribution in [2.45, 2.75) is 6.92 Å². The molecule has 2 rings (SSSR count). The van der Waals surface area contributed by atoms with Gasteiger partial charge in [0.25, 0.3) is 11.6 Å². The second-order valence-corrected chi connectivity index (χ2v) is 5.62. The molecule has 0 unspecified atom stereocenters. The first-order chi connectivity index (χ1) is 12.4. The first kappa shape index (κ1) is 19.1. The Bertz CT molecular complexity index is 880. The van der Waals surface area contributed by atoms with Gasteiger partial charge in [-0.25, -0.2) is 4.79 Å². The molecule has 0 bridgehead atoms. The number of benzene rings is 2. The molecule has 0 aliphatic heterocycles. The van der Waals surface area contributed by atoms with E-state index in [4.69, 9.17) is 16.3 Å². The second-order valence-electron chi connectivity index (χ2n) is 5.22. The Kier molecular flexibility index (Phi) is 6.46. The highest BCUT2D eigenvalue weighted by molar-refractivity contribution is 6.32. The van der Waals surface area contributed by atoms with Crippen LogP contribution in [0.15, 0.2) is 48.5 Å². The summed E-state index contributed by atoms with van der Waals surface area (Å²) in [6, 6.07) is 11.3. The molecule has 0 saturated carbocycles. The van der Waals surface area contributed by atoms with Gasteiger partial charge in [-0.1, -0.05) is 35.9 Å². The van der Waals surface area contributed by atoms with Crippen molar-refractivity contribution in [2.75, 3.05) is 11.9 Å². The normalized spacial score (nSPS) is 10.5. The monoisotopic (exact) mass is 374 g/mol. The number of ether oxygens (including phenoxy) is 1. The SMILES string of the molecule is Cc1c(NC(=O)COC(=O)/C=C/c2ccccc2Cl)cccc1[N+](=O)[O-]. The van der Waals surface area contributed by atoms with Crippen molar-refractivity contribution in [1.82, 2.24) is 0 Å². The van der Waals surface area contributed by atoms with Crippen LogP contribution < -0.4 is 5.32 Å². The van der Waals surface area contributed by atoms with Crippen LogP contribution >= 0.6 is 11.6 Å². The van der Waals surface area contributed by atoms with E-state index in [0.717, 1.165) is 6.08 Å². The number of anilines is 1. The number of nitro groups is 1. The van der Waals surface area contributed by atoms with E-state index in [1.54, 1.807) is 24.3 Å². The fourth-order valence-corrected chi connectivity index (χ4v) is 2.29. The number of rotatable bonds is 6. The Morgan fingerprint density at radius 3 is 2.65 bits per heavy atom. The van der Waals surface area contributed by atoms with Gasteiger partial charge in [-0.15, -0.1) is 0 Å². The summed E-state index contributed by atoms with van der Waals surface area (Å²) < 4.78 is 4.84. The van der Waals surface area contributed by atoms with E-state index in [1.807, 2.05) is 0 Å². The van der Waals surface area contributed by atoms with Crippen molar-refractivity contribution in [3.63, 3.8) is 0 Å². The number of halogens is 1. The minimum Gasteiger partial charge on any atom is -0.452 e. The molecule has 7 nitrogen and oxygen atoms in total. The molecule has 1 N–H and O–H groups in total. The maximum Gasteiger partial charge on any atom is 0.331 e. The molecule has 0 atom stereocenters. The summed E-state index contributed by atoms with van der Waals surface area (Å²) in [5.74, 6) is -1.32. The Labute approximate surface area is 154 Å². The molecule has 0 aliphatic rings. The van der Waals surface area contributed by atoms with Crippen LogP contribution in [0.1, 0.15) is 11.1 Å². The lowest BCUT2D eigenvalue weighted by molar-refractivity contribution is -0.385. The first-order valence-corrected chi connectivity index (χ1v) is 7.89. The lowest BCUT2D eigenvalue weighted by Crippen LogP contribution is -2.20. The van der Waals surface area contributed by atoms with Gasteiger partial charge >= 0.3 is 5.97 Å². The number of hydrogen-bond acceptors (Lipinski definition) is 5. The number of nitrogens with one attached hydrogen (secondary N) is 1. The average molecular weight is 375 g/mol. The van der Waals surface area contributed by atoms with Crippen molar-refractivity contribution >= 4 is 40.9 Å². The van der Waals surface area contributed by atoms with Crippen molar-refractivity contribution in [2.24, 2.45) is 0 Å². The molecule has 134 valence electrons. The maximum atomic E-state index is 11.9. The number of esters is 1. The van der Waals surface area contributed by atoms with Gasteiger partial charge in [-0.05, 0) is 30.7 Å². The van der Waals surface area contributed by atoms with Gasteiger partial charge in [-0.2, -0.15) is 0 Å². The highest BCUT2D eigenvalue weighted by atomic mass is 35.5. The third-order valence-electron chi connectivity index (χ3n) is 3.43. The average Bonchev–Trinajstić information content (AvgIpc) is 2.61. The van der Waals surface area contributed by atoms with Crippen LogP contribution in [0.2, 0.25) is 5.02 Å². The number of carbonyl (C=O) groups excluding carboxylic acids is 2. The van der Waals surface area contributed by atoms with Crippen LogP contribution in [0.3, 0.4) is 0 Å². The van der Waals surface area contributed by atoms with Crippen molar-refractivity contribution < 1.29 is 19.2 Å². The minimum absolute atomic E-state index is 0.109. The molecule has 0 radical (unpaired) electrons. The summed E-state index contributed by atoms with van der Waals surface area (Å²) in [5, 5.41) is 13.9. The highest BCUT2D eigenvalue weighted by Crippen LogP contribution is 2.24. The molecule has 1 amide bonds. The molecule has 0 saturated heterocycles. The summed E-state index contributed by atoms with van der Waals surface area (Å²) in [4.78, 5) is 33.9. The fraction of sp³-hybridized carbons (Fsp3) is 0.111. The Morgan fingerprint density at radius 2 is 1.96 bits per heavy atom. The molecule has 0 aromatic heterocycles. The van der Waals surface area contributed by atoms with Gasteiger partial charge in [0.15, 0.2) is 6.61 Å². The van der Waals surface area contributed by atoms with E-state index in [0.29, 0.717) is 16.1 Å². The minimum atomic E-state index is -0.712. The molecular formula is C18H15ClN2O5. The Hall–Kier alpha value is -3.19. The summed E-state index contributed by atoms with van der Waals surface area (Å²) >= 11 is 5.96. The quantitative estimate of drug-likeness (QED) is 0.359. The predicted octanol–water partition coefficient (Wildman–Crippen LogP) is 3.75. The second kappa shape index (κ2) is 8.77. The number of carbonyl (C=O) groups is 2. The van der Waals surface area contributed by atoms with Crippen molar-refractivity contribution in [3.05, 3.63) is 74.8 Å².